The highest BCUT2D eigenvalue weighted by Crippen LogP contribution is 2.23. The van der Waals surface area contributed by atoms with E-state index >= 15 is 0 Å². The number of anilines is 1. The number of aromatic nitrogens is 2. The molecule has 0 radical (unpaired) electrons. The van der Waals surface area contributed by atoms with Crippen LogP contribution in [0.3, 0.4) is 0 Å². The molecular weight excluding hydrogens is 412 g/mol. The number of para-hydroxylation sites is 4. The van der Waals surface area contributed by atoms with E-state index in [2.05, 4.69) is 9.88 Å². The number of likely N-dealkylation sites (N-methyl/N-ethyl adjacent to an activating group) is 1. The number of aryl methyl sites for hydroxylation is 3. The predicted octanol–water partition coefficient (Wildman–Crippen LogP) is 4.67. The number of nitrogens with one attached hydrogen (secondary N) is 1. The molecule has 33 heavy (non-hydrogen) atoms. The van der Waals surface area contributed by atoms with Crippen LogP contribution in [-0.2, 0) is 16.0 Å². The van der Waals surface area contributed by atoms with Crippen LogP contribution in [0.1, 0.15) is 23.4 Å². The highest BCUT2D eigenvalue weighted by molar-refractivity contribution is 5.95. The van der Waals surface area contributed by atoms with Crippen molar-refractivity contribution in [2.45, 2.75) is 26.7 Å². The van der Waals surface area contributed by atoms with Gasteiger partial charge in [0.15, 0.2) is 0 Å². The summed E-state index contributed by atoms with van der Waals surface area (Å²) in [7, 11) is 1.66. The summed E-state index contributed by atoms with van der Waals surface area (Å²) >= 11 is 0. The molecule has 6 heteroatoms. The average Bonchev–Trinajstić information content (AvgIpc) is 3.19. The number of hydrogen-bond acceptors (Lipinski definition) is 3. The van der Waals surface area contributed by atoms with E-state index in [1.165, 1.54) is 4.90 Å². The molecule has 0 unspecified atom stereocenters. The summed E-state index contributed by atoms with van der Waals surface area (Å²) < 4.78 is 2.09. The van der Waals surface area contributed by atoms with Crippen LogP contribution in [0.4, 0.5) is 5.69 Å². The summed E-state index contributed by atoms with van der Waals surface area (Å²) in [5.74, 6) is 0.516. The van der Waals surface area contributed by atoms with Crippen LogP contribution < -0.4 is 5.32 Å². The van der Waals surface area contributed by atoms with E-state index in [9.17, 15) is 9.59 Å². The predicted molar refractivity (Wildman–Crippen MR) is 132 cm³/mol. The Labute approximate surface area is 193 Å². The van der Waals surface area contributed by atoms with Gasteiger partial charge in [-0.3, -0.25) is 14.2 Å². The van der Waals surface area contributed by atoms with Crippen molar-refractivity contribution in [1.82, 2.24) is 14.5 Å². The van der Waals surface area contributed by atoms with E-state index in [1.807, 2.05) is 86.6 Å². The molecule has 1 N–H and O–H groups in total. The highest BCUT2D eigenvalue weighted by Gasteiger charge is 2.17. The quantitative estimate of drug-likeness (QED) is 0.454. The van der Waals surface area contributed by atoms with Gasteiger partial charge in [0.25, 0.3) is 0 Å². The van der Waals surface area contributed by atoms with Gasteiger partial charge >= 0.3 is 0 Å². The maximum atomic E-state index is 12.8. The molecule has 0 saturated carbocycles. The van der Waals surface area contributed by atoms with Crippen molar-refractivity contribution in [3.8, 4) is 5.69 Å². The third kappa shape index (κ3) is 4.95. The minimum atomic E-state index is -0.209. The molecule has 168 valence electrons. The van der Waals surface area contributed by atoms with Crippen LogP contribution in [0, 0.1) is 13.8 Å². The third-order valence-electron chi connectivity index (χ3n) is 5.76. The zero-order valence-corrected chi connectivity index (χ0v) is 19.2. The van der Waals surface area contributed by atoms with Gasteiger partial charge in [0.1, 0.15) is 5.82 Å². The van der Waals surface area contributed by atoms with E-state index in [4.69, 9.17) is 4.98 Å². The number of carbonyl (C=O) groups is 2. The Balaban J connectivity index is 1.44. The van der Waals surface area contributed by atoms with Gasteiger partial charge in [-0.1, -0.05) is 48.5 Å². The van der Waals surface area contributed by atoms with Crippen molar-refractivity contribution in [2.75, 3.05) is 18.9 Å². The number of carbonyl (C=O) groups excluding carboxylic acids is 2. The SMILES string of the molecule is Cc1cccc(C)c1NC(=O)CN(C)C(=O)CCc1nc2ccccc2n1-c1ccccc1. The second kappa shape index (κ2) is 9.69. The molecule has 2 amide bonds. The number of amides is 2. The van der Waals surface area contributed by atoms with Crippen molar-refractivity contribution in [3.05, 3.63) is 89.7 Å². The summed E-state index contributed by atoms with van der Waals surface area (Å²) in [4.78, 5) is 31.6. The molecular formula is C27H28N4O2. The van der Waals surface area contributed by atoms with Gasteiger partial charge in [-0.25, -0.2) is 4.98 Å². The van der Waals surface area contributed by atoms with Crippen molar-refractivity contribution in [3.63, 3.8) is 0 Å². The molecule has 0 aliphatic rings. The summed E-state index contributed by atoms with van der Waals surface area (Å²) in [6.07, 6.45) is 0.745. The summed E-state index contributed by atoms with van der Waals surface area (Å²) in [6, 6.07) is 23.8. The fourth-order valence-electron chi connectivity index (χ4n) is 4.01. The maximum Gasteiger partial charge on any atom is 0.243 e. The minimum Gasteiger partial charge on any atom is -0.336 e. The Kier molecular flexibility index (Phi) is 6.54. The lowest BCUT2D eigenvalue weighted by Gasteiger charge is -2.18. The van der Waals surface area contributed by atoms with Crippen molar-refractivity contribution in [1.29, 1.82) is 0 Å². The molecule has 0 saturated heterocycles. The number of imidazole rings is 1. The monoisotopic (exact) mass is 440 g/mol. The fraction of sp³-hybridized carbons (Fsp3) is 0.222. The van der Waals surface area contributed by atoms with Gasteiger partial charge < -0.3 is 10.2 Å². The first-order chi connectivity index (χ1) is 15.9. The Morgan fingerprint density at radius 3 is 2.30 bits per heavy atom. The highest BCUT2D eigenvalue weighted by atomic mass is 16.2. The third-order valence-corrected chi connectivity index (χ3v) is 5.76. The number of hydrogen-bond donors (Lipinski definition) is 1. The number of benzene rings is 3. The lowest BCUT2D eigenvalue weighted by Crippen LogP contribution is -2.35. The molecule has 0 aliphatic heterocycles. The molecule has 0 bridgehead atoms. The smallest absolute Gasteiger partial charge is 0.243 e. The van der Waals surface area contributed by atoms with Crippen LogP contribution in [0.15, 0.2) is 72.8 Å². The van der Waals surface area contributed by atoms with Crippen LogP contribution in [0.2, 0.25) is 0 Å². The number of rotatable bonds is 7. The average molecular weight is 441 g/mol. The molecule has 0 fully saturated rings. The van der Waals surface area contributed by atoms with Crippen molar-refractivity contribution >= 4 is 28.5 Å². The van der Waals surface area contributed by atoms with Crippen LogP contribution >= 0.6 is 0 Å². The summed E-state index contributed by atoms with van der Waals surface area (Å²) in [6.45, 7) is 3.91. The van der Waals surface area contributed by atoms with E-state index < -0.39 is 0 Å². The zero-order valence-electron chi connectivity index (χ0n) is 19.2. The van der Waals surface area contributed by atoms with Gasteiger partial charge in [0.2, 0.25) is 11.8 Å². The number of fused-ring (bicyclic) bond motifs is 1. The Morgan fingerprint density at radius 2 is 1.58 bits per heavy atom. The summed E-state index contributed by atoms with van der Waals surface area (Å²) in [5, 5.41) is 2.94. The largest absolute Gasteiger partial charge is 0.336 e. The first-order valence-corrected chi connectivity index (χ1v) is 11.1. The standard InChI is InChI=1S/C27H28N4O2/c1-19-10-9-11-20(2)27(19)29-25(32)18-30(3)26(33)17-16-24-28-22-14-7-8-15-23(22)31(24)21-12-5-4-6-13-21/h4-15H,16-18H2,1-3H3,(H,29,32). The van der Waals surface area contributed by atoms with Gasteiger partial charge in [0, 0.05) is 31.3 Å². The first kappa shape index (κ1) is 22.3. The van der Waals surface area contributed by atoms with Crippen molar-refractivity contribution < 1.29 is 9.59 Å². The van der Waals surface area contributed by atoms with E-state index in [-0.39, 0.29) is 24.8 Å². The lowest BCUT2D eigenvalue weighted by atomic mass is 10.1. The van der Waals surface area contributed by atoms with Crippen molar-refractivity contribution in [2.24, 2.45) is 0 Å². The molecule has 0 atom stereocenters. The Hall–Kier alpha value is -3.93. The second-order valence-electron chi connectivity index (χ2n) is 8.25. The van der Waals surface area contributed by atoms with E-state index in [0.717, 1.165) is 39.4 Å². The molecule has 0 spiro atoms. The Bertz CT molecular complexity index is 1270. The second-order valence-corrected chi connectivity index (χ2v) is 8.25. The van der Waals surface area contributed by atoms with E-state index in [0.29, 0.717) is 6.42 Å². The fourth-order valence-corrected chi connectivity index (χ4v) is 4.01. The summed E-state index contributed by atoms with van der Waals surface area (Å²) in [5.41, 5.74) is 5.71. The van der Waals surface area contributed by atoms with Gasteiger partial charge in [0.05, 0.1) is 17.6 Å². The normalized spacial score (nSPS) is 10.9. The Morgan fingerprint density at radius 1 is 0.909 bits per heavy atom. The van der Waals surface area contributed by atoms with Crippen LogP contribution in [-0.4, -0.2) is 39.9 Å². The van der Waals surface area contributed by atoms with Crippen LogP contribution in [0.25, 0.3) is 16.7 Å². The molecule has 1 aromatic heterocycles. The maximum absolute atomic E-state index is 12.8. The molecule has 3 aromatic carbocycles. The topological polar surface area (TPSA) is 67.2 Å². The lowest BCUT2D eigenvalue weighted by molar-refractivity contribution is -0.133. The van der Waals surface area contributed by atoms with Crippen LogP contribution in [0.5, 0.6) is 0 Å². The zero-order chi connectivity index (χ0) is 23.4. The van der Waals surface area contributed by atoms with E-state index in [1.54, 1.807) is 7.05 Å². The molecule has 1 heterocycles. The van der Waals surface area contributed by atoms with Gasteiger partial charge in [-0.2, -0.15) is 0 Å². The molecule has 0 aliphatic carbocycles. The van der Waals surface area contributed by atoms with Gasteiger partial charge in [-0.15, -0.1) is 0 Å². The molecule has 4 rings (SSSR count). The first-order valence-electron chi connectivity index (χ1n) is 11.1. The van der Waals surface area contributed by atoms with Gasteiger partial charge in [-0.05, 0) is 49.2 Å². The molecule has 4 aromatic rings. The minimum absolute atomic E-state index is 0.00170. The number of nitrogens with zero attached hydrogens (tertiary/aromatic N) is 3. The molecule has 6 nitrogen and oxygen atoms in total.